The van der Waals surface area contributed by atoms with Crippen molar-refractivity contribution in [2.75, 3.05) is 19.8 Å². The number of rotatable bonds is 3. The second-order valence-corrected chi connectivity index (χ2v) is 11.2. The topological polar surface area (TPSA) is 111 Å². The maximum atomic E-state index is 13.1. The Labute approximate surface area is 183 Å². The van der Waals surface area contributed by atoms with E-state index in [1.54, 1.807) is 4.90 Å². The van der Waals surface area contributed by atoms with Crippen LogP contribution in [0.4, 0.5) is 0 Å². The van der Waals surface area contributed by atoms with Crippen LogP contribution < -0.4 is 9.46 Å². The summed E-state index contributed by atoms with van der Waals surface area (Å²) in [5, 5.41) is -0.286. The normalized spacial score (nSPS) is 31.8. The number of amides is 1. The summed E-state index contributed by atoms with van der Waals surface area (Å²) in [7, 11) is -3.34. The summed E-state index contributed by atoms with van der Waals surface area (Å²) in [4.78, 5) is 23.5. The van der Waals surface area contributed by atoms with Crippen LogP contribution in [-0.2, 0) is 19.6 Å². The standard InChI is InChI=1S/C21H30N4O5S/c1-13-20-14-2-4-15(5-3-14)29-10-18-17(24-31(27,28)16-6-7-16)8-9-25(18)19(26)11-30-21(20)23-12-22-13/h12,14-18,24H,2-11H2,1H3/t14-,15+,17?,18?. The first-order chi connectivity index (χ1) is 14.9. The van der Waals surface area contributed by atoms with Gasteiger partial charge in [0, 0.05) is 23.8 Å². The van der Waals surface area contributed by atoms with E-state index >= 15 is 0 Å². The molecule has 9 nitrogen and oxygen atoms in total. The average molecular weight is 451 g/mol. The molecule has 1 aromatic rings. The number of carbonyl (C=O) groups excluding carboxylic acids is 1. The van der Waals surface area contributed by atoms with Gasteiger partial charge in [-0.3, -0.25) is 4.79 Å². The van der Waals surface area contributed by atoms with Gasteiger partial charge in [-0.25, -0.2) is 23.1 Å². The maximum Gasteiger partial charge on any atom is 0.260 e. The van der Waals surface area contributed by atoms with Crippen molar-refractivity contribution in [3.05, 3.63) is 17.6 Å². The number of nitrogens with one attached hydrogen (secondary N) is 1. The predicted molar refractivity (Wildman–Crippen MR) is 112 cm³/mol. The highest BCUT2D eigenvalue weighted by molar-refractivity contribution is 7.90. The van der Waals surface area contributed by atoms with Gasteiger partial charge in [0.15, 0.2) is 6.61 Å². The van der Waals surface area contributed by atoms with E-state index < -0.39 is 10.0 Å². The number of hydrogen-bond donors (Lipinski definition) is 1. The number of nitrogens with zero attached hydrogens (tertiary/aromatic N) is 3. The maximum absolute atomic E-state index is 13.1. The number of fused-ring (bicyclic) bond motifs is 5. The summed E-state index contributed by atoms with van der Waals surface area (Å²) in [6, 6.07) is -0.650. The quantitative estimate of drug-likeness (QED) is 0.738. The van der Waals surface area contributed by atoms with Crippen molar-refractivity contribution in [2.45, 2.75) is 81.2 Å². The van der Waals surface area contributed by atoms with Crippen LogP contribution in [0, 0.1) is 6.92 Å². The van der Waals surface area contributed by atoms with Crippen LogP contribution in [0.5, 0.6) is 5.88 Å². The average Bonchev–Trinajstić information content (AvgIpc) is 3.54. The van der Waals surface area contributed by atoms with E-state index in [4.69, 9.17) is 9.47 Å². The van der Waals surface area contributed by atoms with Gasteiger partial charge in [-0.05, 0) is 57.8 Å². The molecule has 5 aliphatic rings. The van der Waals surface area contributed by atoms with Crippen molar-refractivity contribution >= 4 is 15.9 Å². The molecule has 1 N–H and O–H groups in total. The Morgan fingerprint density at radius 3 is 2.61 bits per heavy atom. The lowest BCUT2D eigenvalue weighted by atomic mass is 9.82. The number of hydrogen-bond acceptors (Lipinski definition) is 7. The Morgan fingerprint density at radius 2 is 1.87 bits per heavy atom. The molecule has 1 aromatic heterocycles. The molecule has 1 amide bonds. The molecule has 6 rings (SSSR count). The number of ether oxygens (including phenoxy) is 2. The first-order valence-electron chi connectivity index (χ1n) is 11.3. The molecule has 2 bridgehead atoms. The van der Waals surface area contributed by atoms with Crippen LogP contribution in [0.15, 0.2) is 6.33 Å². The molecule has 1 saturated heterocycles. The van der Waals surface area contributed by atoms with Crippen LogP contribution in [0.3, 0.4) is 0 Å². The van der Waals surface area contributed by atoms with Gasteiger partial charge in [0.25, 0.3) is 5.91 Å². The molecule has 0 spiro atoms. The lowest BCUT2D eigenvalue weighted by molar-refractivity contribution is -0.136. The Hall–Kier alpha value is -1.78. The van der Waals surface area contributed by atoms with Crippen molar-refractivity contribution in [1.82, 2.24) is 19.6 Å². The van der Waals surface area contributed by atoms with E-state index in [1.807, 2.05) is 6.92 Å². The molecule has 2 unspecified atom stereocenters. The van der Waals surface area contributed by atoms with Crippen molar-refractivity contribution in [1.29, 1.82) is 0 Å². The summed E-state index contributed by atoms with van der Waals surface area (Å²) >= 11 is 0. The second kappa shape index (κ2) is 8.29. The number of aromatic nitrogens is 2. The van der Waals surface area contributed by atoms with Crippen molar-refractivity contribution < 1.29 is 22.7 Å². The summed E-state index contributed by atoms with van der Waals surface area (Å²) in [5.74, 6) is 0.617. The third-order valence-corrected chi connectivity index (χ3v) is 9.09. The Bertz CT molecular complexity index is 943. The molecular weight excluding hydrogens is 420 g/mol. The van der Waals surface area contributed by atoms with Crippen molar-refractivity contribution in [2.24, 2.45) is 0 Å². The van der Waals surface area contributed by atoms with Gasteiger partial charge < -0.3 is 14.4 Å². The van der Waals surface area contributed by atoms with Crippen molar-refractivity contribution in [3.8, 4) is 5.88 Å². The SMILES string of the molecule is Cc1ncnc2c1[C@H]1CC[C@H](CC1)OCC1C(NS(=O)(=O)C3CC3)CCN1C(=O)CO2. The van der Waals surface area contributed by atoms with Crippen LogP contribution >= 0.6 is 0 Å². The zero-order valence-corrected chi connectivity index (χ0v) is 18.6. The minimum atomic E-state index is -3.34. The molecule has 4 heterocycles. The summed E-state index contributed by atoms with van der Waals surface area (Å²) in [6.07, 6.45) is 7.33. The molecule has 2 saturated carbocycles. The smallest absolute Gasteiger partial charge is 0.260 e. The Kier molecular flexibility index (Phi) is 5.64. The summed E-state index contributed by atoms with van der Waals surface area (Å²) < 4.78 is 40.1. The highest BCUT2D eigenvalue weighted by atomic mass is 32.2. The van der Waals surface area contributed by atoms with Crippen LogP contribution in [0.2, 0.25) is 0 Å². The monoisotopic (exact) mass is 450 g/mol. The Morgan fingerprint density at radius 1 is 1.10 bits per heavy atom. The van der Waals surface area contributed by atoms with E-state index in [0.29, 0.717) is 44.2 Å². The van der Waals surface area contributed by atoms with Gasteiger partial charge in [0.1, 0.15) is 6.33 Å². The first kappa shape index (κ1) is 21.1. The molecule has 2 atom stereocenters. The van der Waals surface area contributed by atoms with Crippen LogP contribution in [-0.4, -0.2) is 72.4 Å². The third-order valence-electron chi connectivity index (χ3n) is 7.11. The van der Waals surface area contributed by atoms with Gasteiger partial charge in [-0.1, -0.05) is 0 Å². The van der Waals surface area contributed by atoms with E-state index in [0.717, 1.165) is 36.9 Å². The van der Waals surface area contributed by atoms with Gasteiger partial charge in [-0.15, -0.1) is 0 Å². The fourth-order valence-electron chi connectivity index (χ4n) is 5.21. The largest absolute Gasteiger partial charge is 0.467 e. The van der Waals surface area contributed by atoms with Gasteiger partial charge in [0.05, 0.1) is 24.0 Å². The van der Waals surface area contributed by atoms with E-state index in [1.165, 1.54) is 6.33 Å². The third kappa shape index (κ3) is 4.29. The van der Waals surface area contributed by atoms with Gasteiger partial charge in [0.2, 0.25) is 15.9 Å². The molecule has 10 heteroatoms. The summed E-state index contributed by atoms with van der Waals surface area (Å²) in [5.41, 5.74) is 1.89. The fraction of sp³-hybridized carbons (Fsp3) is 0.762. The molecule has 0 aromatic carbocycles. The highest BCUT2D eigenvalue weighted by Gasteiger charge is 2.44. The molecule has 3 fully saturated rings. The Balaban J connectivity index is 1.40. The molecule has 3 aliphatic heterocycles. The van der Waals surface area contributed by atoms with Crippen LogP contribution in [0.1, 0.15) is 62.1 Å². The number of carbonyl (C=O) groups is 1. The van der Waals surface area contributed by atoms with Gasteiger partial charge >= 0.3 is 0 Å². The summed E-state index contributed by atoms with van der Waals surface area (Å²) in [6.45, 7) is 2.65. The van der Waals surface area contributed by atoms with E-state index in [9.17, 15) is 13.2 Å². The lowest BCUT2D eigenvalue weighted by Crippen LogP contribution is -2.51. The molecular formula is C21H30N4O5S. The first-order valence-corrected chi connectivity index (χ1v) is 12.8. The number of sulfonamides is 1. The fourth-order valence-corrected chi connectivity index (χ4v) is 6.85. The molecule has 31 heavy (non-hydrogen) atoms. The minimum absolute atomic E-state index is 0.115. The predicted octanol–water partition coefficient (Wildman–Crippen LogP) is 1.27. The number of aryl methyl sites for hydroxylation is 1. The minimum Gasteiger partial charge on any atom is -0.467 e. The van der Waals surface area contributed by atoms with E-state index in [2.05, 4.69) is 14.7 Å². The molecule has 0 radical (unpaired) electrons. The lowest BCUT2D eigenvalue weighted by Gasteiger charge is -2.32. The van der Waals surface area contributed by atoms with E-state index in [-0.39, 0.29) is 36.0 Å². The zero-order chi connectivity index (χ0) is 21.6. The van der Waals surface area contributed by atoms with Crippen LogP contribution in [0.25, 0.3) is 0 Å². The van der Waals surface area contributed by atoms with Crippen molar-refractivity contribution in [3.63, 3.8) is 0 Å². The zero-order valence-electron chi connectivity index (χ0n) is 17.8. The second-order valence-electron chi connectivity index (χ2n) is 9.19. The van der Waals surface area contributed by atoms with Gasteiger partial charge in [-0.2, -0.15) is 0 Å². The molecule has 2 aliphatic carbocycles. The molecule has 170 valence electrons. The highest BCUT2D eigenvalue weighted by Crippen LogP contribution is 2.39.